The number of primary amides is 1. The normalized spacial score (nSPS) is 15.9. The standard InChI is InChI=1S/C49H61N9O12/c1-31(2)43(54-39(59)15-5-4-7-25-57-41(61)22-23-42(57)62)46(65)53-37(14-10-24-51-48(50)67)44(63)52-34-18-16-32(17-19-34)30-70-49(68)56(3)26-28-69-27-8-6-11-33-12-9-13-35-36(33)29-58(47(35)66)38-20-21-40(60)55-45(38)64/h9,12-13,16-19,22-23,31,37-38,43H,4-5,7-8,10,14-15,20-21,24-30H2,1-3H3,(H,52,63)(H,53,65)(H,54,59)(H3,50,51,67)(H,55,60,64)/t37-,38?,43-/m0/s1. The molecule has 2 aromatic carbocycles. The predicted octanol–water partition coefficient (Wildman–Crippen LogP) is 1.97. The number of fused-ring (bicyclic) bond motifs is 1. The van der Waals surface area contributed by atoms with Crippen molar-refractivity contribution in [1.29, 1.82) is 0 Å². The van der Waals surface area contributed by atoms with E-state index >= 15 is 0 Å². The maximum atomic E-state index is 13.5. The molecule has 3 aliphatic rings. The van der Waals surface area contributed by atoms with Gasteiger partial charge >= 0.3 is 12.1 Å². The summed E-state index contributed by atoms with van der Waals surface area (Å²) in [7, 11) is 1.57. The summed E-state index contributed by atoms with van der Waals surface area (Å²) in [5, 5.41) is 13.0. The maximum absolute atomic E-state index is 13.5. The first-order valence-electron chi connectivity index (χ1n) is 23.3. The lowest BCUT2D eigenvalue weighted by Crippen LogP contribution is -2.54. The van der Waals surface area contributed by atoms with Crippen LogP contribution in [0.2, 0.25) is 0 Å². The maximum Gasteiger partial charge on any atom is 0.409 e. The highest BCUT2D eigenvalue weighted by Gasteiger charge is 2.40. The van der Waals surface area contributed by atoms with E-state index < -0.39 is 48.0 Å². The molecule has 3 aliphatic heterocycles. The number of likely N-dealkylation sites (N-methyl/N-ethyl adjacent to an activating group) is 1. The van der Waals surface area contributed by atoms with Crippen LogP contribution in [0.3, 0.4) is 0 Å². The van der Waals surface area contributed by atoms with Crippen LogP contribution in [-0.4, -0.2) is 132 Å². The summed E-state index contributed by atoms with van der Waals surface area (Å²) >= 11 is 0. The number of unbranched alkanes of at least 4 members (excludes halogenated alkanes) is 2. The fourth-order valence-corrected chi connectivity index (χ4v) is 7.76. The van der Waals surface area contributed by atoms with E-state index in [1.807, 2.05) is 6.07 Å². The molecule has 0 aliphatic carbocycles. The van der Waals surface area contributed by atoms with Gasteiger partial charge in [-0.25, -0.2) is 9.59 Å². The van der Waals surface area contributed by atoms with E-state index in [1.54, 1.807) is 57.3 Å². The van der Waals surface area contributed by atoms with Crippen molar-refractivity contribution in [3.63, 3.8) is 0 Å². The number of carbonyl (C=O) groups is 10. The Balaban J connectivity index is 1.02. The zero-order valence-corrected chi connectivity index (χ0v) is 39.6. The van der Waals surface area contributed by atoms with Crippen molar-refractivity contribution < 1.29 is 57.4 Å². The van der Waals surface area contributed by atoms with Crippen molar-refractivity contribution in [2.45, 2.75) is 103 Å². The summed E-state index contributed by atoms with van der Waals surface area (Å²) < 4.78 is 11.1. The fourth-order valence-electron chi connectivity index (χ4n) is 7.76. The highest BCUT2D eigenvalue weighted by Crippen LogP contribution is 2.29. The van der Waals surface area contributed by atoms with Crippen LogP contribution in [0.1, 0.15) is 98.7 Å². The third-order valence-corrected chi connectivity index (χ3v) is 11.7. The number of anilines is 1. The Hall–Kier alpha value is -7.60. The number of nitrogens with two attached hydrogens (primary N) is 1. The van der Waals surface area contributed by atoms with Gasteiger partial charge in [0.1, 0.15) is 24.7 Å². The van der Waals surface area contributed by atoms with Crippen LogP contribution in [0.4, 0.5) is 15.3 Å². The Morgan fingerprint density at radius 3 is 2.36 bits per heavy atom. The number of hydrogen-bond donors (Lipinski definition) is 6. The fraction of sp³-hybridized carbons (Fsp3) is 0.469. The zero-order chi connectivity index (χ0) is 50.7. The lowest BCUT2D eigenvalue weighted by molar-refractivity contribution is -0.138. The van der Waals surface area contributed by atoms with Gasteiger partial charge in [-0.15, -0.1) is 0 Å². The molecule has 21 heteroatoms. The summed E-state index contributed by atoms with van der Waals surface area (Å²) in [5.41, 5.74) is 8.12. The van der Waals surface area contributed by atoms with Crippen LogP contribution in [0.15, 0.2) is 54.6 Å². The molecule has 0 radical (unpaired) electrons. The topological polar surface area (TPSA) is 285 Å². The van der Waals surface area contributed by atoms with E-state index in [4.69, 9.17) is 15.2 Å². The smallest absolute Gasteiger partial charge is 0.409 e. The van der Waals surface area contributed by atoms with Crippen molar-refractivity contribution in [2.24, 2.45) is 11.7 Å². The van der Waals surface area contributed by atoms with Gasteiger partial charge in [-0.05, 0) is 73.4 Å². The molecule has 7 N–H and O–H groups in total. The van der Waals surface area contributed by atoms with Gasteiger partial charge in [0.15, 0.2) is 0 Å². The van der Waals surface area contributed by atoms with Crippen LogP contribution >= 0.6 is 0 Å². The third-order valence-electron chi connectivity index (χ3n) is 11.7. The van der Waals surface area contributed by atoms with E-state index in [2.05, 4.69) is 38.4 Å². The van der Waals surface area contributed by atoms with Crippen molar-refractivity contribution in [1.82, 2.24) is 36.0 Å². The Bertz CT molecular complexity index is 2370. The number of carbonyl (C=O) groups excluding carboxylic acids is 10. The van der Waals surface area contributed by atoms with Gasteiger partial charge in [-0.1, -0.05) is 50.3 Å². The Morgan fingerprint density at radius 1 is 0.914 bits per heavy atom. The first-order valence-corrected chi connectivity index (χ1v) is 23.3. The van der Waals surface area contributed by atoms with E-state index in [9.17, 15) is 47.9 Å². The molecule has 0 bridgehead atoms. The van der Waals surface area contributed by atoms with Gasteiger partial charge in [-0.3, -0.25) is 48.6 Å². The molecular weight excluding hydrogens is 907 g/mol. The summed E-state index contributed by atoms with van der Waals surface area (Å²) in [5.74, 6) is 2.53. The van der Waals surface area contributed by atoms with Crippen LogP contribution in [0.5, 0.6) is 0 Å². The minimum atomic E-state index is -1.05. The number of amides is 11. The van der Waals surface area contributed by atoms with E-state index in [0.29, 0.717) is 61.1 Å². The summed E-state index contributed by atoms with van der Waals surface area (Å²) in [6.07, 6.45) is 4.80. The Morgan fingerprint density at radius 2 is 1.66 bits per heavy atom. The van der Waals surface area contributed by atoms with Gasteiger partial charge < -0.3 is 46.3 Å². The molecule has 5 rings (SSSR count). The molecule has 1 unspecified atom stereocenters. The van der Waals surface area contributed by atoms with Crippen molar-refractivity contribution in [3.8, 4) is 11.8 Å². The van der Waals surface area contributed by atoms with Crippen LogP contribution in [0, 0.1) is 17.8 Å². The summed E-state index contributed by atoms with van der Waals surface area (Å²) in [4.78, 5) is 128. The first-order chi connectivity index (χ1) is 33.5. The summed E-state index contributed by atoms with van der Waals surface area (Å²) in [6.45, 7) is 4.86. The van der Waals surface area contributed by atoms with Crippen LogP contribution in [0.25, 0.3) is 0 Å². The SMILES string of the molecule is CC(C)[C@H](NC(=O)CCCCCN1C(=O)C=CC1=O)C(=O)N[C@@H](CCCNC(N)=O)C(=O)Nc1ccc(COC(=O)N(C)CCOCCC#Cc2cccc3c2CN(C2CCC(=O)NC2=O)C3=O)cc1. The van der Waals surface area contributed by atoms with E-state index in [-0.39, 0.29) is 101 Å². The molecule has 11 amide bonds. The second kappa shape index (κ2) is 26.2. The quantitative estimate of drug-likeness (QED) is 0.0501. The van der Waals surface area contributed by atoms with Gasteiger partial charge in [0.25, 0.3) is 17.7 Å². The molecule has 0 saturated carbocycles. The summed E-state index contributed by atoms with van der Waals surface area (Å²) in [6, 6.07) is 8.36. The van der Waals surface area contributed by atoms with Crippen molar-refractivity contribution in [3.05, 3.63) is 76.9 Å². The Labute approximate surface area is 405 Å². The number of nitrogens with zero attached hydrogens (tertiary/aromatic N) is 3. The van der Waals surface area contributed by atoms with Crippen LogP contribution in [-0.2, 0) is 56.2 Å². The lowest BCUT2D eigenvalue weighted by Gasteiger charge is -2.29. The number of ether oxygens (including phenoxy) is 2. The molecule has 1 fully saturated rings. The second-order valence-corrected chi connectivity index (χ2v) is 17.3. The number of nitrogens with one attached hydrogen (secondary N) is 5. The highest BCUT2D eigenvalue weighted by molar-refractivity contribution is 6.13. The number of urea groups is 1. The monoisotopic (exact) mass is 967 g/mol. The highest BCUT2D eigenvalue weighted by atomic mass is 16.6. The molecule has 374 valence electrons. The lowest BCUT2D eigenvalue weighted by atomic mass is 10.0. The van der Waals surface area contributed by atoms with E-state index in [1.165, 1.54) is 22.0 Å². The molecule has 1 saturated heterocycles. The first kappa shape index (κ1) is 53.4. The Kier molecular flexibility index (Phi) is 20.0. The third kappa shape index (κ3) is 15.7. The molecule has 2 aromatic rings. The molecule has 21 nitrogen and oxygen atoms in total. The van der Waals surface area contributed by atoms with Gasteiger partial charge in [0.05, 0.1) is 13.2 Å². The average Bonchev–Trinajstić information content (AvgIpc) is 3.83. The minimum Gasteiger partial charge on any atom is -0.445 e. The number of hydrogen-bond acceptors (Lipinski definition) is 12. The number of imide groups is 2. The number of piperidine rings is 1. The van der Waals surface area contributed by atoms with Gasteiger partial charge in [-0.2, -0.15) is 0 Å². The zero-order valence-electron chi connectivity index (χ0n) is 39.6. The van der Waals surface area contributed by atoms with Crippen molar-refractivity contribution in [2.75, 3.05) is 45.2 Å². The molecule has 70 heavy (non-hydrogen) atoms. The molecule has 3 heterocycles. The average molecular weight is 968 g/mol. The van der Waals surface area contributed by atoms with Gasteiger partial charge in [0, 0.05) is 81.5 Å². The molecule has 0 spiro atoms. The van der Waals surface area contributed by atoms with Gasteiger partial charge in [0.2, 0.25) is 29.5 Å². The predicted molar refractivity (Wildman–Crippen MR) is 253 cm³/mol. The number of benzene rings is 2. The van der Waals surface area contributed by atoms with Crippen molar-refractivity contribution >= 4 is 65.1 Å². The molecular formula is C49H61N9O12. The number of rotatable bonds is 24. The largest absolute Gasteiger partial charge is 0.445 e. The molecule has 0 aromatic heterocycles. The minimum absolute atomic E-state index is 0.0554. The molecule has 3 atom stereocenters. The second-order valence-electron chi connectivity index (χ2n) is 17.3. The van der Waals surface area contributed by atoms with E-state index in [0.717, 1.165) is 10.5 Å². The van der Waals surface area contributed by atoms with Crippen LogP contribution < -0.4 is 32.3 Å².